The van der Waals surface area contributed by atoms with Crippen molar-refractivity contribution < 1.29 is 28.2 Å². The Kier molecular flexibility index (Phi) is 10.0. The number of hydrogen-bond donors (Lipinski definition) is 3. The highest BCUT2D eigenvalue weighted by molar-refractivity contribution is 7.80. The summed E-state index contributed by atoms with van der Waals surface area (Å²) in [6, 6.07) is 24.0. The number of para-hydroxylation sites is 1. The SMILES string of the molecule is CCOC(=O)C1=C(C)NC(=S)N[C@H]1c1ccccc1OCC(=O)NN=Cc1c(OCc2ccc(F)cc2)ccc2ccccc12. The van der Waals surface area contributed by atoms with E-state index in [4.69, 9.17) is 26.4 Å². The van der Waals surface area contributed by atoms with Gasteiger partial charge in [-0.1, -0.05) is 60.7 Å². The van der Waals surface area contributed by atoms with Gasteiger partial charge < -0.3 is 24.8 Å². The van der Waals surface area contributed by atoms with Gasteiger partial charge in [0.15, 0.2) is 11.7 Å². The van der Waals surface area contributed by atoms with Crippen LogP contribution >= 0.6 is 12.2 Å². The van der Waals surface area contributed by atoms with Crippen molar-refractivity contribution in [3.8, 4) is 11.5 Å². The maximum absolute atomic E-state index is 13.3. The van der Waals surface area contributed by atoms with E-state index in [-0.39, 0.29) is 25.6 Å². The molecule has 5 rings (SSSR count). The van der Waals surface area contributed by atoms with Crippen LogP contribution in [0.4, 0.5) is 4.39 Å². The molecule has 0 unspecified atom stereocenters. The van der Waals surface area contributed by atoms with Gasteiger partial charge in [0, 0.05) is 16.8 Å². The first-order chi connectivity index (χ1) is 21.8. The number of hydrogen-bond acceptors (Lipinski definition) is 7. The summed E-state index contributed by atoms with van der Waals surface area (Å²) < 4.78 is 30.5. The normalized spacial score (nSPS) is 14.6. The summed E-state index contributed by atoms with van der Waals surface area (Å²) in [6.45, 7) is 3.58. The molecule has 0 aliphatic carbocycles. The smallest absolute Gasteiger partial charge is 0.338 e. The number of thiocarbonyl (C=S) groups is 1. The van der Waals surface area contributed by atoms with Gasteiger partial charge in [-0.25, -0.2) is 14.6 Å². The molecule has 11 heteroatoms. The van der Waals surface area contributed by atoms with Crippen LogP contribution < -0.4 is 25.5 Å². The van der Waals surface area contributed by atoms with E-state index in [1.54, 1.807) is 50.2 Å². The van der Waals surface area contributed by atoms with Crippen molar-refractivity contribution in [2.75, 3.05) is 13.2 Å². The van der Waals surface area contributed by atoms with E-state index in [1.807, 2.05) is 36.4 Å². The van der Waals surface area contributed by atoms with Gasteiger partial charge >= 0.3 is 5.97 Å². The summed E-state index contributed by atoms with van der Waals surface area (Å²) in [7, 11) is 0. The first kappa shape index (κ1) is 31.1. The zero-order valence-corrected chi connectivity index (χ0v) is 25.5. The van der Waals surface area contributed by atoms with Gasteiger partial charge in [-0.15, -0.1) is 0 Å². The number of nitrogens with zero attached hydrogens (tertiary/aromatic N) is 1. The third-order valence-electron chi connectivity index (χ3n) is 6.97. The van der Waals surface area contributed by atoms with E-state index in [0.717, 1.165) is 16.3 Å². The molecule has 230 valence electrons. The van der Waals surface area contributed by atoms with Crippen molar-refractivity contribution in [3.05, 3.63) is 119 Å². The van der Waals surface area contributed by atoms with Crippen LogP contribution in [0.15, 0.2) is 101 Å². The molecule has 1 aliphatic rings. The second-order valence-corrected chi connectivity index (χ2v) is 10.4. The first-order valence-corrected chi connectivity index (χ1v) is 14.6. The monoisotopic (exact) mass is 626 g/mol. The maximum Gasteiger partial charge on any atom is 0.338 e. The third-order valence-corrected chi connectivity index (χ3v) is 7.19. The van der Waals surface area contributed by atoms with Crippen molar-refractivity contribution >= 4 is 46.2 Å². The molecule has 1 amide bonds. The van der Waals surface area contributed by atoms with Crippen molar-refractivity contribution in [3.63, 3.8) is 0 Å². The standard InChI is InChI=1S/C34H31FN4O5S/c1-3-42-33(41)31-21(2)37-34(45)38-32(31)26-10-6-7-11-28(26)44-20-30(40)39-36-18-27-25-9-5-4-8-23(25)14-17-29(27)43-19-22-12-15-24(35)16-13-22/h4-18,32H,3,19-20H2,1-2H3,(H,39,40)(H2,37,38,45)/t32-/m0/s1. The molecule has 45 heavy (non-hydrogen) atoms. The van der Waals surface area contributed by atoms with Gasteiger partial charge in [0.1, 0.15) is 23.9 Å². The summed E-state index contributed by atoms with van der Waals surface area (Å²) in [5.41, 5.74) is 5.53. The molecule has 0 aromatic heterocycles. The lowest BCUT2D eigenvalue weighted by atomic mass is 9.95. The zero-order chi connectivity index (χ0) is 31.8. The van der Waals surface area contributed by atoms with Crippen molar-refractivity contribution in [1.29, 1.82) is 0 Å². The average Bonchev–Trinajstić information content (AvgIpc) is 3.03. The van der Waals surface area contributed by atoms with Crippen LogP contribution in [0.5, 0.6) is 11.5 Å². The van der Waals surface area contributed by atoms with Gasteiger partial charge in [-0.2, -0.15) is 5.10 Å². The molecule has 1 aliphatic heterocycles. The number of esters is 1. The fourth-order valence-electron chi connectivity index (χ4n) is 4.88. The summed E-state index contributed by atoms with van der Waals surface area (Å²) in [6.07, 6.45) is 1.52. The molecular weight excluding hydrogens is 595 g/mol. The summed E-state index contributed by atoms with van der Waals surface area (Å²) in [5, 5.41) is 12.4. The fraction of sp³-hybridized carbons (Fsp3) is 0.176. The second-order valence-electron chi connectivity index (χ2n) is 10.0. The van der Waals surface area contributed by atoms with E-state index >= 15 is 0 Å². The fourth-order valence-corrected chi connectivity index (χ4v) is 5.15. The molecule has 1 atom stereocenters. The van der Waals surface area contributed by atoms with E-state index in [0.29, 0.717) is 39.0 Å². The average molecular weight is 627 g/mol. The van der Waals surface area contributed by atoms with E-state index in [9.17, 15) is 14.0 Å². The van der Waals surface area contributed by atoms with Gasteiger partial charge in [-0.05, 0) is 66.7 Å². The number of allylic oxidation sites excluding steroid dienone is 1. The Bertz CT molecular complexity index is 1790. The number of halogens is 1. The Morgan fingerprint density at radius 3 is 2.53 bits per heavy atom. The van der Waals surface area contributed by atoms with Gasteiger partial charge in [0.05, 0.1) is 24.4 Å². The highest BCUT2D eigenvalue weighted by atomic mass is 32.1. The number of hydrazone groups is 1. The lowest BCUT2D eigenvalue weighted by Crippen LogP contribution is -2.45. The molecule has 0 fully saturated rings. The van der Waals surface area contributed by atoms with Crippen LogP contribution in [0.1, 0.15) is 36.6 Å². The first-order valence-electron chi connectivity index (χ1n) is 14.2. The summed E-state index contributed by atoms with van der Waals surface area (Å²) in [4.78, 5) is 25.6. The number of ether oxygens (including phenoxy) is 3. The molecule has 4 aromatic rings. The Morgan fingerprint density at radius 2 is 1.73 bits per heavy atom. The Balaban J connectivity index is 1.29. The minimum Gasteiger partial charge on any atom is -0.488 e. The maximum atomic E-state index is 13.3. The van der Waals surface area contributed by atoms with E-state index in [2.05, 4.69) is 21.2 Å². The van der Waals surface area contributed by atoms with Gasteiger partial charge in [0.25, 0.3) is 5.91 Å². The highest BCUT2D eigenvalue weighted by Crippen LogP contribution is 2.33. The minimum absolute atomic E-state index is 0.215. The van der Waals surface area contributed by atoms with Crippen molar-refractivity contribution in [1.82, 2.24) is 16.1 Å². The van der Waals surface area contributed by atoms with Crippen LogP contribution in [0.2, 0.25) is 0 Å². The Labute approximate surface area is 265 Å². The van der Waals surface area contributed by atoms with Gasteiger partial charge in [0.2, 0.25) is 0 Å². The molecule has 9 nitrogen and oxygen atoms in total. The van der Waals surface area contributed by atoms with E-state index in [1.165, 1.54) is 18.3 Å². The third kappa shape index (κ3) is 7.63. The number of benzene rings is 4. The molecule has 0 saturated carbocycles. The molecule has 0 saturated heterocycles. The molecule has 4 aromatic carbocycles. The minimum atomic E-state index is -0.644. The predicted molar refractivity (Wildman–Crippen MR) is 173 cm³/mol. The van der Waals surface area contributed by atoms with E-state index < -0.39 is 17.9 Å². The lowest BCUT2D eigenvalue weighted by Gasteiger charge is -2.30. The number of carbonyl (C=O) groups is 2. The zero-order valence-electron chi connectivity index (χ0n) is 24.6. The molecular formula is C34H31FN4O5S. The van der Waals surface area contributed by atoms with Crippen molar-refractivity contribution in [2.45, 2.75) is 26.5 Å². The number of nitrogens with one attached hydrogen (secondary N) is 3. The Morgan fingerprint density at radius 1 is 0.978 bits per heavy atom. The quantitative estimate of drug-likeness (QED) is 0.0874. The van der Waals surface area contributed by atoms with Crippen LogP contribution in [0.25, 0.3) is 10.8 Å². The van der Waals surface area contributed by atoms with Crippen molar-refractivity contribution in [2.24, 2.45) is 5.10 Å². The summed E-state index contributed by atoms with van der Waals surface area (Å²) in [5.74, 6) is -0.366. The molecule has 3 N–H and O–H groups in total. The van der Waals surface area contributed by atoms with Crippen LogP contribution in [0.3, 0.4) is 0 Å². The molecule has 0 spiro atoms. The van der Waals surface area contributed by atoms with Crippen LogP contribution in [0, 0.1) is 5.82 Å². The molecule has 1 heterocycles. The topological polar surface area (TPSA) is 110 Å². The lowest BCUT2D eigenvalue weighted by molar-refractivity contribution is -0.139. The molecule has 0 bridgehead atoms. The number of rotatable bonds is 11. The van der Waals surface area contributed by atoms with Crippen LogP contribution in [-0.4, -0.2) is 36.4 Å². The second kappa shape index (κ2) is 14.5. The highest BCUT2D eigenvalue weighted by Gasteiger charge is 2.32. The summed E-state index contributed by atoms with van der Waals surface area (Å²) >= 11 is 5.33. The largest absolute Gasteiger partial charge is 0.488 e. The molecule has 0 radical (unpaired) electrons. The predicted octanol–water partition coefficient (Wildman–Crippen LogP) is 5.44. The number of amides is 1. The number of carbonyl (C=O) groups excluding carboxylic acids is 2. The Hall–Kier alpha value is -5.29. The van der Waals surface area contributed by atoms with Crippen LogP contribution in [-0.2, 0) is 20.9 Å². The number of fused-ring (bicyclic) bond motifs is 1. The van der Waals surface area contributed by atoms with Gasteiger partial charge in [-0.3, -0.25) is 4.79 Å².